The van der Waals surface area contributed by atoms with Crippen LogP contribution in [0.4, 0.5) is 0 Å². The molecular weight excluding hydrogens is 278 g/mol. The van der Waals surface area contributed by atoms with Gasteiger partial charge >= 0.3 is 0 Å². The van der Waals surface area contributed by atoms with E-state index in [0.29, 0.717) is 5.15 Å². The Hall–Kier alpha value is -2.14. The molecule has 0 aliphatic carbocycles. The summed E-state index contributed by atoms with van der Waals surface area (Å²) in [5.74, 6) is 1.44. The van der Waals surface area contributed by atoms with Crippen LogP contribution in [0.2, 0.25) is 5.15 Å². The summed E-state index contributed by atoms with van der Waals surface area (Å²) in [6, 6.07) is 5.87. The monoisotopic (exact) mass is 291 g/mol. The number of benzene rings is 1. The fourth-order valence-corrected chi connectivity index (χ4v) is 2.44. The first-order chi connectivity index (χ1) is 9.72. The van der Waals surface area contributed by atoms with Gasteiger partial charge in [-0.15, -0.1) is 0 Å². The van der Waals surface area contributed by atoms with Crippen molar-refractivity contribution in [2.75, 3.05) is 14.2 Å². The van der Waals surface area contributed by atoms with Crippen molar-refractivity contribution < 1.29 is 9.47 Å². The lowest BCUT2D eigenvalue weighted by Crippen LogP contribution is -1.93. The summed E-state index contributed by atoms with van der Waals surface area (Å²) in [6.45, 7) is 0. The molecule has 1 aromatic carbocycles. The van der Waals surface area contributed by atoms with Gasteiger partial charge in [-0.25, -0.2) is 0 Å². The quantitative estimate of drug-likeness (QED) is 0.776. The number of aromatic amines is 2. The molecule has 20 heavy (non-hydrogen) atoms. The van der Waals surface area contributed by atoms with Gasteiger partial charge in [0.2, 0.25) is 0 Å². The minimum Gasteiger partial charge on any atom is -0.493 e. The Bertz CT molecular complexity index is 748. The number of nitrogens with zero attached hydrogens (tertiary/aromatic N) is 1. The lowest BCUT2D eigenvalue weighted by atomic mass is 10.1. The molecule has 104 valence electrons. The zero-order chi connectivity index (χ0) is 14.1. The van der Waals surface area contributed by atoms with E-state index >= 15 is 0 Å². The summed E-state index contributed by atoms with van der Waals surface area (Å²) in [7, 11) is 3.25. The molecule has 0 amide bonds. The normalized spacial score (nSPS) is 10.9. The van der Waals surface area contributed by atoms with E-state index in [1.165, 1.54) is 0 Å². The van der Waals surface area contributed by atoms with Crippen molar-refractivity contribution in [1.29, 1.82) is 0 Å². The van der Waals surface area contributed by atoms with E-state index in [4.69, 9.17) is 21.1 Å². The van der Waals surface area contributed by atoms with Crippen molar-refractivity contribution in [3.05, 3.63) is 40.7 Å². The van der Waals surface area contributed by atoms with Crippen LogP contribution in [0.5, 0.6) is 11.5 Å². The third-order valence-corrected chi connectivity index (χ3v) is 3.53. The minimum atomic E-state index is 0.526. The van der Waals surface area contributed by atoms with Gasteiger partial charge in [0, 0.05) is 18.2 Å². The summed E-state index contributed by atoms with van der Waals surface area (Å²) >= 11 is 5.99. The smallest absolute Gasteiger partial charge is 0.160 e. The molecule has 0 spiro atoms. The number of nitrogens with one attached hydrogen (secondary N) is 2. The van der Waals surface area contributed by atoms with E-state index in [1.807, 2.05) is 24.4 Å². The molecule has 3 aromatic rings. The molecule has 5 nitrogen and oxygen atoms in total. The van der Waals surface area contributed by atoms with Crippen LogP contribution in [-0.4, -0.2) is 29.4 Å². The van der Waals surface area contributed by atoms with Crippen LogP contribution in [0.25, 0.3) is 11.0 Å². The van der Waals surface area contributed by atoms with Crippen molar-refractivity contribution in [1.82, 2.24) is 15.2 Å². The van der Waals surface area contributed by atoms with Crippen LogP contribution in [0.1, 0.15) is 11.1 Å². The lowest BCUT2D eigenvalue weighted by molar-refractivity contribution is 0.354. The summed E-state index contributed by atoms with van der Waals surface area (Å²) < 4.78 is 10.5. The number of fused-ring (bicyclic) bond motifs is 1. The number of H-pyrrole nitrogens is 2. The molecule has 0 saturated heterocycles. The van der Waals surface area contributed by atoms with Gasteiger partial charge in [0.15, 0.2) is 11.5 Å². The maximum absolute atomic E-state index is 5.99. The molecule has 0 bridgehead atoms. The molecule has 0 saturated carbocycles. The highest BCUT2D eigenvalue weighted by atomic mass is 35.5. The van der Waals surface area contributed by atoms with E-state index in [-0.39, 0.29) is 0 Å². The molecule has 2 heterocycles. The third kappa shape index (κ3) is 2.10. The van der Waals surface area contributed by atoms with E-state index in [2.05, 4.69) is 15.2 Å². The van der Waals surface area contributed by atoms with Crippen molar-refractivity contribution in [2.24, 2.45) is 0 Å². The van der Waals surface area contributed by atoms with Crippen LogP contribution in [-0.2, 0) is 6.42 Å². The fraction of sp³-hybridized carbons (Fsp3) is 0.214. The van der Waals surface area contributed by atoms with Gasteiger partial charge in [-0.3, -0.25) is 5.10 Å². The lowest BCUT2D eigenvalue weighted by Gasteiger charge is -2.09. The Kier molecular flexibility index (Phi) is 3.28. The first kappa shape index (κ1) is 12.9. The predicted octanol–water partition coefficient (Wildman–Crippen LogP) is 3.15. The summed E-state index contributed by atoms with van der Waals surface area (Å²) in [6.07, 6.45) is 2.66. The van der Waals surface area contributed by atoms with Gasteiger partial charge in [-0.05, 0) is 17.7 Å². The van der Waals surface area contributed by atoms with Gasteiger partial charge in [-0.1, -0.05) is 17.7 Å². The number of methoxy groups -OCH3 is 2. The van der Waals surface area contributed by atoms with Gasteiger partial charge in [-0.2, -0.15) is 5.10 Å². The van der Waals surface area contributed by atoms with E-state index in [0.717, 1.165) is 40.1 Å². The Morgan fingerprint density at radius 1 is 1.20 bits per heavy atom. The first-order valence-corrected chi connectivity index (χ1v) is 6.51. The second-order valence-electron chi connectivity index (χ2n) is 4.44. The van der Waals surface area contributed by atoms with Crippen LogP contribution in [0.3, 0.4) is 0 Å². The van der Waals surface area contributed by atoms with Gasteiger partial charge in [0.25, 0.3) is 0 Å². The summed E-state index contributed by atoms with van der Waals surface area (Å²) in [4.78, 5) is 3.13. The Morgan fingerprint density at radius 2 is 2.00 bits per heavy atom. The molecule has 0 aliphatic heterocycles. The molecular formula is C14H14ClN3O2. The van der Waals surface area contributed by atoms with Gasteiger partial charge in [0.05, 0.1) is 14.2 Å². The minimum absolute atomic E-state index is 0.526. The maximum atomic E-state index is 5.99. The number of ether oxygens (including phenoxy) is 2. The van der Waals surface area contributed by atoms with Crippen molar-refractivity contribution in [3.63, 3.8) is 0 Å². The van der Waals surface area contributed by atoms with Crippen LogP contribution in [0, 0.1) is 0 Å². The van der Waals surface area contributed by atoms with Crippen molar-refractivity contribution >= 4 is 22.6 Å². The Balaban J connectivity index is 1.94. The Labute approximate surface area is 120 Å². The highest BCUT2D eigenvalue weighted by Crippen LogP contribution is 2.30. The molecule has 6 heteroatoms. The van der Waals surface area contributed by atoms with Crippen LogP contribution < -0.4 is 9.47 Å². The highest BCUT2D eigenvalue weighted by Gasteiger charge is 2.12. The second kappa shape index (κ2) is 5.09. The van der Waals surface area contributed by atoms with E-state index < -0.39 is 0 Å². The number of aromatic nitrogens is 3. The van der Waals surface area contributed by atoms with Crippen molar-refractivity contribution in [3.8, 4) is 11.5 Å². The van der Waals surface area contributed by atoms with Crippen LogP contribution in [0.15, 0.2) is 24.4 Å². The molecule has 2 aromatic heterocycles. The highest BCUT2D eigenvalue weighted by molar-refractivity contribution is 6.33. The molecule has 2 N–H and O–H groups in total. The molecule has 0 unspecified atom stereocenters. The molecule has 3 rings (SSSR count). The average Bonchev–Trinajstić information content (AvgIpc) is 3.03. The predicted molar refractivity (Wildman–Crippen MR) is 77.8 cm³/mol. The van der Waals surface area contributed by atoms with Crippen LogP contribution >= 0.6 is 11.6 Å². The average molecular weight is 292 g/mol. The molecule has 0 aliphatic rings. The van der Waals surface area contributed by atoms with Gasteiger partial charge in [0.1, 0.15) is 16.2 Å². The number of hydrogen-bond donors (Lipinski definition) is 2. The first-order valence-electron chi connectivity index (χ1n) is 6.13. The third-order valence-electron chi connectivity index (χ3n) is 3.26. The van der Waals surface area contributed by atoms with E-state index in [9.17, 15) is 0 Å². The second-order valence-corrected chi connectivity index (χ2v) is 4.82. The molecule has 0 fully saturated rings. The molecule has 0 atom stereocenters. The topological polar surface area (TPSA) is 62.9 Å². The zero-order valence-electron chi connectivity index (χ0n) is 11.2. The Morgan fingerprint density at radius 3 is 2.75 bits per heavy atom. The van der Waals surface area contributed by atoms with Crippen molar-refractivity contribution in [2.45, 2.75) is 6.42 Å². The maximum Gasteiger partial charge on any atom is 0.160 e. The standard InChI is InChI=1S/C14H14ClN3O2/c1-19-10-4-3-8(6-11(10)20-2)5-9-7-16-13-12(9)17-18-14(13)15/h3-4,6-7,16H,5H2,1-2H3,(H,17,18). The molecule has 0 radical (unpaired) electrons. The number of hydrogen-bond acceptors (Lipinski definition) is 3. The SMILES string of the molecule is COc1ccc(Cc2c[nH]c3c(Cl)[nH]nc23)cc1OC. The number of halogens is 1. The van der Waals surface area contributed by atoms with E-state index in [1.54, 1.807) is 14.2 Å². The van der Waals surface area contributed by atoms with Gasteiger partial charge < -0.3 is 14.5 Å². The zero-order valence-corrected chi connectivity index (χ0v) is 11.9. The summed E-state index contributed by atoms with van der Waals surface area (Å²) in [5.41, 5.74) is 3.89. The number of rotatable bonds is 4. The summed E-state index contributed by atoms with van der Waals surface area (Å²) in [5, 5.41) is 7.50. The fourth-order valence-electron chi connectivity index (χ4n) is 2.26. The largest absolute Gasteiger partial charge is 0.493 e.